The van der Waals surface area contributed by atoms with Crippen LogP contribution in [0.25, 0.3) is 0 Å². The van der Waals surface area contributed by atoms with E-state index in [1.165, 1.54) is 0 Å². The van der Waals surface area contributed by atoms with Crippen LogP contribution >= 0.6 is 45.3 Å². The van der Waals surface area contributed by atoms with Crippen molar-refractivity contribution in [2.75, 3.05) is 0 Å². The van der Waals surface area contributed by atoms with E-state index >= 15 is 0 Å². The van der Waals surface area contributed by atoms with E-state index in [1.54, 1.807) is 45.3 Å². The number of rotatable bonds is 0. The molecule has 0 saturated carbocycles. The van der Waals surface area contributed by atoms with Crippen LogP contribution in [0.3, 0.4) is 0 Å². The predicted octanol–water partition coefficient (Wildman–Crippen LogP) is 6.78. The molecule has 0 amide bonds. The zero-order valence-electron chi connectivity index (χ0n) is 9.28. The van der Waals surface area contributed by atoms with Gasteiger partial charge in [0, 0.05) is 0 Å². The van der Waals surface area contributed by atoms with E-state index < -0.39 is 14.5 Å². The lowest BCUT2D eigenvalue weighted by Crippen LogP contribution is -2.02. The summed E-state index contributed by atoms with van der Waals surface area (Å²) in [5.41, 5.74) is 0. The molecule has 20 heavy (non-hydrogen) atoms. The Bertz CT molecular complexity index is 288. The van der Waals surface area contributed by atoms with Crippen LogP contribution in [0.15, 0.2) is 30.9 Å². The molecule has 0 atom stereocenters. The molecule has 0 aromatic carbocycles. The molecule has 0 N–H and O–H groups in total. The molecule has 2 aromatic rings. The van der Waals surface area contributed by atoms with Gasteiger partial charge in [0.2, 0.25) is 9.39 Å². The molecule has 2 aromatic heterocycles. The molecule has 0 unspecified atom stereocenters. The molecule has 0 fully saturated rings. The predicted molar refractivity (Wildman–Crippen MR) is 73.6 cm³/mol. The summed E-state index contributed by atoms with van der Waals surface area (Å²) in [5.74, 6) is 0. The largest absolute Gasteiger partial charge is 0.673 e. The zero-order valence-corrected chi connectivity index (χ0v) is 12.5. The van der Waals surface area contributed by atoms with Crippen molar-refractivity contribution < 1.29 is 34.5 Å². The van der Waals surface area contributed by atoms with Gasteiger partial charge >= 0.3 is 14.5 Å². The first-order valence-electron chi connectivity index (χ1n) is 4.30. The first kappa shape index (κ1) is 22.0. The first-order valence-corrected chi connectivity index (χ1v) is 8.07. The highest BCUT2D eigenvalue weighted by Gasteiger charge is 2.21. The fourth-order valence-corrected chi connectivity index (χ4v) is 2.89. The molecule has 14 heteroatoms. The van der Waals surface area contributed by atoms with E-state index in [-0.39, 0.29) is 0 Å². The van der Waals surface area contributed by atoms with Gasteiger partial charge in [0.25, 0.3) is 0 Å². The van der Waals surface area contributed by atoms with E-state index in [0.717, 1.165) is 0 Å². The van der Waals surface area contributed by atoms with Crippen molar-refractivity contribution >= 4 is 59.9 Å². The van der Waals surface area contributed by atoms with Crippen LogP contribution in [-0.4, -0.2) is 14.5 Å². The number of halogens is 8. The minimum atomic E-state index is -6.00. The summed E-state index contributed by atoms with van der Waals surface area (Å²) in [6.07, 6.45) is 0. The lowest BCUT2D eigenvalue weighted by molar-refractivity contribution is 0.366. The van der Waals surface area contributed by atoms with Gasteiger partial charge in [0.1, 0.15) is 21.5 Å². The number of hydrogen-bond donors (Lipinski definition) is 0. The van der Waals surface area contributed by atoms with Crippen molar-refractivity contribution in [2.45, 2.75) is 0 Å². The monoisotopic (exact) mass is 380 g/mol. The highest BCUT2D eigenvalue weighted by molar-refractivity contribution is 7.25. The maximum atomic E-state index is 9.75. The summed E-state index contributed by atoms with van der Waals surface area (Å²) in [5, 5.41) is 8.24. The zero-order chi connectivity index (χ0) is 16.1. The minimum absolute atomic E-state index is 1.73. The molecular formula is C6H6B2F8S4. The van der Waals surface area contributed by atoms with Crippen LogP contribution in [0, 0.1) is 0 Å². The van der Waals surface area contributed by atoms with Crippen molar-refractivity contribution in [1.82, 2.24) is 0 Å². The van der Waals surface area contributed by atoms with E-state index in [2.05, 4.69) is 30.9 Å². The van der Waals surface area contributed by atoms with Gasteiger partial charge in [-0.25, -0.2) is 0 Å². The molecule has 0 saturated heterocycles. The summed E-state index contributed by atoms with van der Waals surface area (Å²) >= 11 is 6.93. The van der Waals surface area contributed by atoms with Crippen LogP contribution in [0.1, 0.15) is 0 Å². The van der Waals surface area contributed by atoms with E-state index in [1.807, 2.05) is 0 Å². The summed E-state index contributed by atoms with van der Waals surface area (Å²) in [6.45, 7) is 0. The Hall–Kier alpha value is -0.330. The quantitative estimate of drug-likeness (QED) is 0.269. The molecule has 0 bridgehead atoms. The van der Waals surface area contributed by atoms with E-state index in [0.29, 0.717) is 0 Å². The maximum absolute atomic E-state index is 9.75. The van der Waals surface area contributed by atoms with Gasteiger partial charge in [-0.15, -0.1) is 0 Å². The van der Waals surface area contributed by atoms with Gasteiger partial charge in [0.15, 0.2) is 0 Å². The van der Waals surface area contributed by atoms with E-state index in [4.69, 9.17) is 0 Å². The van der Waals surface area contributed by atoms with Gasteiger partial charge in [-0.05, 0) is 0 Å². The molecule has 0 nitrogen and oxygen atoms in total. The first-order chi connectivity index (χ1) is 9.00. The Labute approximate surface area is 125 Å². The van der Waals surface area contributed by atoms with Gasteiger partial charge in [0.05, 0.1) is 45.3 Å². The van der Waals surface area contributed by atoms with E-state index in [9.17, 15) is 34.5 Å². The second-order valence-electron chi connectivity index (χ2n) is 2.27. The Morgan fingerprint density at radius 1 is 0.600 bits per heavy atom. The van der Waals surface area contributed by atoms with Gasteiger partial charge in [-0.3, -0.25) is 0 Å². The highest BCUT2D eigenvalue weighted by atomic mass is 32.2. The highest BCUT2D eigenvalue weighted by Crippen LogP contribution is 2.07. The van der Waals surface area contributed by atoms with Gasteiger partial charge in [-0.2, -0.15) is 0 Å². The third kappa shape index (κ3) is 52.5. The lowest BCUT2D eigenvalue weighted by Gasteiger charge is -1.94. The summed E-state index contributed by atoms with van der Waals surface area (Å²) in [6, 6.07) is 0. The van der Waals surface area contributed by atoms with Crippen molar-refractivity contribution in [1.29, 1.82) is 0 Å². The SMILES string of the molecule is F[B-](F)(F)F.F[B-](F)(F)F.c1c[s+]cs1.c1c[s+]cs1. The summed E-state index contributed by atoms with van der Waals surface area (Å²) in [7, 11) is -12.0. The van der Waals surface area contributed by atoms with Gasteiger partial charge in [-0.1, -0.05) is 0 Å². The Kier molecular flexibility index (Phi) is 13.6. The third-order valence-electron chi connectivity index (χ3n) is 0.648. The molecule has 0 spiro atoms. The Balaban J connectivity index is 0. The van der Waals surface area contributed by atoms with Crippen LogP contribution in [0.2, 0.25) is 0 Å². The fourth-order valence-electron chi connectivity index (χ4n) is 0.321. The minimum Gasteiger partial charge on any atom is -0.418 e. The number of hydrogen-bond acceptors (Lipinski definition) is 2. The normalized spacial score (nSPS) is 10.0. The molecule has 0 radical (unpaired) electrons. The van der Waals surface area contributed by atoms with Gasteiger partial charge < -0.3 is 34.5 Å². The van der Waals surface area contributed by atoms with Crippen molar-refractivity contribution in [3.63, 3.8) is 0 Å². The molecule has 0 aliphatic carbocycles. The lowest BCUT2D eigenvalue weighted by atomic mass is 10.3. The van der Waals surface area contributed by atoms with Crippen molar-refractivity contribution in [2.24, 2.45) is 0 Å². The van der Waals surface area contributed by atoms with Crippen LogP contribution in [0.5, 0.6) is 0 Å². The van der Waals surface area contributed by atoms with Crippen molar-refractivity contribution in [3.8, 4) is 0 Å². The maximum Gasteiger partial charge on any atom is 0.673 e. The Morgan fingerprint density at radius 3 is 0.900 bits per heavy atom. The summed E-state index contributed by atoms with van der Waals surface area (Å²) in [4.78, 5) is 0. The fraction of sp³-hybridized carbons (Fsp3) is 0. The molecular weight excluding hydrogens is 374 g/mol. The third-order valence-corrected chi connectivity index (χ3v) is 3.94. The van der Waals surface area contributed by atoms with Crippen LogP contribution in [0.4, 0.5) is 34.5 Å². The molecule has 0 aliphatic rings. The van der Waals surface area contributed by atoms with Crippen molar-refractivity contribution in [3.05, 3.63) is 30.9 Å². The van der Waals surface area contributed by atoms with Crippen LogP contribution < -0.4 is 0 Å². The topological polar surface area (TPSA) is 0 Å². The summed E-state index contributed by atoms with van der Waals surface area (Å²) < 4.78 is 82.2. The molecule has 0 aliphatic heterocycles. The molecule has 116 valence electrons. The standard InChI is InChI=1S/2C3H3S2.2BF4/c2*1-2-5-3-4-1;2*2-1(3,4)5/h2*1-3H;;/q2*+1;2*-1. The van der Waals surface area contributed by atoms with Crippen LogP contribution in [-0.2, 0) is 0 Å². The average molecular weight is 380 g/mol. The second kappa shape index (κ2) is 12.4. The smallest absolute Gasteiger partial charge is 0.418 e. The second-order valence-corrected chi connectivity index (χ2v) is 5.99. The molecule has 2 heterocycles. The average Bonchev–Trinajstić information content (AvgIpc) is 2.92. The molecule has 2 rings (SSSR count). The Morgan fingerprint density at radius 2 is 0.850 bits per heavy atom.